The van der Waals surface area contributed by atoms with Crippen molar-refractivity contribution in [2.75, 3.05) is 31.6 Å². The van der Waals surface area contributed by atoms with E-state index >= 15 is 0 Å². The van der Waals surface area contributed by atoms with Crippen molar-refractivity contribution >= 4 is 33.4 Å². The van der Waals surface area contributed by atoms with Gasteiger partial charge in [-0.1, -0.05) is 18.9 Å². The van der Waals surface area contributed by atoms with E-state index in [1.54, 1.807) is 49.1 Å². The lowest BCUT2D eigenvalue weighted by Gasteiger charge is -2.26. The predicted molar refractivity (Wildman–Crippen MR) is 121 cm³/mol. The Hall–Kier alpha value is -1.94. The highest BCUT2D eigenvalue weighted by atomic mass is 32.2. The van der Waals surface area contributed by atoms with Crippen molar-refractivity contribution in [3.8, 4) is 0 Å². The van der Waals surface area contributed by atoms with Gasteiger partial charge in [-0.3, -0.25) is 4.79 Å². The van der Waals surface area contributed by atoms with Gasteiger partial charge in [0.15, 0.2) is 0 Å². The lowest BCUT2D eigenvalue weighted by Crippen LogP contribution is -2.40. The third-order valence-corrected chi connectivity index (χ3v) is 9.02. The molecule has 31 heavy (non-hydrogen) atoms. The summed E-state index contributed by atoms with van der Waals surface area (Å²) in [7, 11) is -3.65. The molecule has 2 aliphatic rings. The number of aromatic nitrogens is 1. The molecule has 1 aromatic heterocycles. The maximum Gasteiger partial charge on any atom is 0.258 e. The largest absolute Gasteiger partial charge is 0.379 e. The van der Waals surface area contributed by atoms with Gasteiger partial charge in [0.25, 0.3) is 5.91 Å². The zero-order valence-electron chi connectivity index (χ0n) is 17.5. The molecule has 0 spiro atoms. The van der Waals surface area contributed by atoms with E-state index in [9.17, 15) is 13.2 Å². The van der Waals surface area contributed by atoms with Gasteiger partial charge in [-0.05, 0) is 49.6 Å². The maximum absolute atomic E-state index is 13.1. The van der Waals surface area contributed by atoms with Gasteiger partial charge in [0.05, 0.1) is 23.7 Å². The Morgan fingerprint density at radius 2 is 1.94 bits per heavy atom. The highest BCUT2D eigenvalue weighted by Gasteiger charge is 2.28. The number of nitrogens with one attached hydrogen (secondary N) is 1. The van der Waals surface area contributed by atoms with Gasteiger partial charge >= 0.3 is 0 Å². The van der Waals surface area contributed by atoms with E-state index in [4.69, 9.17) is 4.74 Å². The number of amides is 1. The first kappa shape index (κ1) is 22.3. The van der Waals surface area contributed by atoms with Gasteiger partial charge in [0, 0.05) is 30.2 Å². The van der Waals surface area contributed by atoms with E-state index in [1.807, 2.05) is 0 Å². The summed E-state index contributed by atoms with van der Waals surface area (Å²) in [4.78, 5) is 17.6. The summed E-state index contributed by atoms with van der Waals surface area (Å²) in [6, 6.07) is 8.50. The first-order valence-corrected chi connectivity index (χ1v) is 12.9. The molecule has 2 heterocycles. The van der Waals surface area contributed by atoms with Crippen molar-refractivity contribution in [1.82, 2.24) is 9.29 Å². The number of pyridine rings is 1. The Balaban J connectivity index is 1.55. The molecule has 1 amide bonds. The number of morpholine rings is 1. The van der Waals surface area contributed by atoms with Crippen molar-refractivity contribution < 1.29 is 17.9 Å². The van der Waals surface area contributed by atoms with Gasteiger partial charge in [-0.15, -0.1) is 11.8 Å². The summed E-state index contributed by atoms with van der Waals surface area (Å²) in [5.74, 6) is -0.285. The lowest BCUT2D eigenvalue weighted by molar-refractivity contribution is 0.0730. The molecule has 1 aromatic carbocycles. The molecule has 1 saturated carbocycles. The number of ether oxygens (including phenoxy) is 1. The van der Waals surface area contributed by atoms with E-state index in [0.29, 0.717) is 48.4 Å². The third-order valence-electron chi connectivity index (χ3n) is 5.63. The number of sulfonamides is 1. The normalized spacial score (nSPS) is 18.2. The van der Waals surface area contributed by atoms with Crippen LogP contribution in [0, 0.1) is 6.92 Å². The van der Waals surface area contributed by atoms with E-state index in [1.165, 1.54) is 23.2 Å². The minimum Gasteiger partial charge on any atom is -0.379 e. The van der Waals surface area contributed by atoms with Gasteiger partial charge in [-0.25, -0.2) is 13.4 Å². The van der Waals surface area contributed by atoms with Crippen molar-refractivity contribution in [3.05, 3.63) is 47.7 Å². The Labute approximate surface area is 187 Å². The van der Waals surface area contributed by atoms with Gasteiger partial charge in [0.2, 0.25) is 10.0 Å². The summed E-state index contributed by atoms with van der Waals surface area (Å²) < 4.78 is 32.9. The number of hydrogen-bond donors (Lipinski definition) is 1. The van der Waals surface area contributed by atoms with Crippen LogP contribution in [0.5, 0.6) is 0 Å². The van der Waals surface area contributed by atoms with Gasteiger partial charge in [0.1, 0.15) is 5.03 Å². The van der Waals surface area contributed by atoms with Crippen molar-refractivity contribution in [2.24, 2.45) is 0 Å². The zero-order valence-corrected chi connectivity index (χ0v) is 19.2. The monoisotopic (exact) mass is 461 g/mol. The molecule has 0 radical (unpaired) electrons. The highest BCUT2D eigenvalue weighted by molar-refractivity contribution is 8.00. The molecule has 2 fully saturated rings. The number of anilines is 1. The minimum atomic E-state index is -3.65. The second kappa shape index (κ2) is 9.68. The summed E-state index contributed by atoms with van der Waals surface area (Å²) >= 11 is 1.66. The second-order valence-electron chi connectivity index (χ2n) is 7.83. The van der Waals surface area contributed by atoms with E-state index in [0.717, 1.165) is 17.9 Å². The standard InChI is InChI=1S/C22H27N3O4S2/c1-16-8-9-17(15-20(16)31(27,28)25-11-13-29-14-12-25)24-21(26)19-7-4-10-23-22(19)30-18-5-2-3-6-18/h4,7-10,15,18H,2-3,5-6,11-14H2,1H3,(H,24,26). The number of rotatable bonds is 6. The summed E-state index contributed by atoms with van der Waals surface area (Å²) in [6.07, 6.45) is 6.42. The minimum absolute atomic E-state index is 0.207. The van der Waals surface area contributed by atoms with Crippen LogP contribution in [0.25, 0.3) is 0 Å². The number of benzene rings is 1. The number of hydrogen-bond acceptors (Lipinski definition) is 6. The van der Waals surface area contributed by atoms with Crippen molar-refractivity contribution in [3.63, 3.8) is 0 Å². The van der Waals surface area contributed by atoms with E-state index in [2.05, 4.69) is 10.3 Å². The van der Waals surface area contributed by atoms with Crippen LogP contribution >= 0.6 is 11.8 Å². The van der Waals surface area contributed by atoms with Crippen LogP contribution < -0.4 is 5.32 Å². The molecule has 166 valence electrons. The van der Waals surface area contributed by atoms with Crippen LogP contribution in [0.2, 0.25) is 0 Å². The van der Waals surface area contributed by atoms with Crippen LogP contribution in [0.4, 0.5) is 5.69 Å². The molecule has 1 N–H and O–H groups in total. The average Bonchev–Trinajstić information content (AvgIpc) is 3.29. The molecular formula is C22H27N3O4S2. The Bertz CT molecular complexity index is 1050. The fourth-order valence-corrected chi connectivity index (χ4v) is 6.85. The molecule has 9 heteroatoms. The number of aryl methyl sites for hydroxylation is 1. The molecule has 4 rings (SSSR count). The highest BCUT2D eigenvalue weighted by Crippen LogP contribution is 2.35. The predicted octanol–water partition coefficient (Wildman–Crippen LogP) is 3.70. The Morgan fingerprint density at radius 3 is 2.68 bits per heavy atom. The first-order valence-electron chi connectivity index (χ1n) is 10.6. The van der Waals surface area contributed by atoms with E-state index in [-0.39, 0.29) is 10.8 Å². The molecule has 7 nitrogen and oxygen atoms in total. The van der Waals surface area contributed by atoms with E-state index < -0.39 is 10.0 Å². The average molecular weight is 462 g/mol. The molecule has 0 atom stereocenters. The third kappa shape index (κ3) is 5.11. The SMILES string of the molecule is Cc1ccc(NC(=O)c2cccnc2SC2CCCC2)cc1S(=O)(=O)N1CCOCC1. The zero-order chi connectivity index (χ0) is 21.8. The molecule has 1 aliphatic carbocycles. The summed E-state index contributed by atoms with van der Waals surface area (Å²) in [5, 5.41) is 4.08. The molecule has 1 aliphatic heterocycles. The van der Waals surface area contributed by atoms with Gasteiger partial charge < -0.3 is 10.1 Å². The summed E-state index contributed by atoms with van der Waals surface area (Å²) in [6.45, 7) is 3.19. The molecule has 0 unspecified atom stereocenters. The molecular weight excluding hydrogens is 434 g/mol. The first-order chi connectivity index (χ1) is 14.9. The topological polar surface area (TPSA) is 88.6 Å². The molecule has 1 saturated heterocycles. The fourth-order valence-electron chi connectivity index (χ4n) is 3.90. The smallest absolute Gasteiger partial charge is 0.258 e. The fraction of sp³-hybridized carbons (Fsp3) is 0.455. The van der Waals surface area contributed by atoms with Crippen LogP contribution in [0.15, 0.2) is 46.5 Å². The van der Waals surface area contributed by atoms with Crippen LogP contribution in [0.3, 0.4) is 0 Å². The lowest BCUT2D eigenvalue weighted by atomic mass is 10.2. The number of thioether (sulfide) groups is 1. The second-order valence-corrected chi connectivity index (χ2v) is 11.0. The number of carbonyl (C=O) groups excluding carboxylic acids is 1. The maximum atomic E-state index is 13.1. The summed E-state index contributed by atoms with van der Waals surface area (Å²) in [5.41, 5.74) is 1.60. The quantitative estimate of drug-likeness (QED) is 0.706. The van der Waals surface area contributed by atoms with Crippen LogP contribution in [-0.4, -0.2) is 55.2 Å². The van der Waals surface area contributed by atoms with Gasteiger partial charge in [-0.2, -0.15) is 4.31 Å². The van der Waals surface area contributed by atoms with Crippen molar-refractivity contribution in [2.45, 2.75) is 47.8 Å². The number of nitrogens with zero attached hydrogens (tertiary/aromatic N) is 2. The molecule has 2 aromatic rings. The van der Waals surface area contributed by atoms with Crippen molar-refractivity contribution in [1.29, 1.82) is 0 Å². The number of carbonyl (C=O) groups is 1. The van der Waals surface area contributed by atoms with Crippen LogP contribution in [-0.2, 0) is 14.8 Å². The Morgan fingerprint density at radius 1 is 1.19 bits per heavy atom. The van der Waals surface area contributed by atoms with Crippen LogP contribution in [0.1, 0.15) is 41.6 Å². The molecule has 0 bridgehead atoms. The Kier molecular flexibility index (Phi) is 6.95.